The van der Waals surface area contributed by atoms with Gasteiger partial charge in [0.05, 0.1) is 16.8 Å². The first-order valence-corrected chi connectivity index (χ1v) is 8.95. The highest BCUT2D eigenvalue weighted by molar-refractivity contribution is 6.53. The zero-order valence-electron chi connectivity index (χ0n) is 17.1. The van der Waals surface area contributed by atoms with Crippen molar-refractivity contribution in [2.75, 3.05) is 6.61 Å². The summed E-state index contributed by atoms with van der Waals surface area (Å²) in [6.07, 6.45) is 0. The number of rotatable bonds is 5. The SMILES string of the molecule is CC(C)(C)C(COc1ccc(C(=O)O)cc1)=C(F)B1OC(C)(C)C(C)(C)O1. The lowest BCUT2D eigenvalue weighted by atomic mass is 9.76. The van der Waals surface area contributed by atoms with Crippen LogP contribution in [-0.4, -0.2) is 36.0 Å². The van der Waals surface area contributed by atoms with Gasteiger partial charge < -0.3 is 19.2 Å². The van der Waals surface area contributed by atoms with E-state index in [1.165, 1.54) is 12.1 Å². The topological polar surface area (TPSA) is 65.0 Å². The highest BCUT2D eigenvalue weighted by Gasteiger charge is 2.54. The number of hydrogen-bond acceptors (Lipinski definition) is 4. The summed E-state index contributed by atoms with van der Waals surface area (Å²) in [5.41, 5.74) is -1.66. The van der Waals surface area contributed by atoms with Crippen LogP contribution in [0.25, 0.3) is 0 Å². The second kappa shape index (κ2) is 7.28. The Morgan fingerprint density at radius 1 is 1.11 bits per heavy atom. The maximum atomic E-state index is 15.3. The van der Waals surface area contributed by atoms with Crippen LogP contribution in [0, 0.1) is 5.41 Å². The standard InChI is InChI=1S/C20H28BFO5/c1-18(2,3)15(12-25-14-10-8-13(9-11-14)17(23)24)16(22)21-26-19(4,5)20(6,7)27-21/h8-11H,12H2,1-7H3,(H,23,24). The molecule has 27 heavy (non-hydrogen) atoms. The molecule has 1 N–H and O–H groups in total. The Labute approximate surface area is 160 Å². The lowest BCUT2D eigenvalue weighted by Gasteiger charge is -2.32. The Hall–Kier alpha value is -1.86. The van der Waals surface area contributed by atoms with Gasteiger partial charge in [0.2, 0.25) is 0 Å². The lowest BCUT2D eigenvalue weighted by Crippen LogP contribution is -2.41. The molecular formula is C20H28BFO5. The summed E-state index contributed by atoms with van der Waals surface area (Å²) in [5, 5.41) is 8.95. The largest absolute Gasteiger partial charge is 0.525 e. The van der Waals surface area contributed by atoms with E-state index in [2.05, 4.69) is 0 Å². The van der Waals surface area contributed by atoms with E-state index in [9.17, 15) is 4.79 Å². The summed E-state index contributed by atoms with van der Waals surface area (Å²) >= 11 is 0. The molecule has 0 atom stereocenters. The number of ether oxygens (including phenoxy) is 1. The van der Waals surface area contributed by atoms with Gasteiger partial charge >= 0.3 is 13.1 Å². The minimum absolute atomic E-state index is 0.00578. The third kappa shape index (κ3) is 4.71. The van der Waals surface area contributed by atoms with Crippen LogP contribution >= 0.6 is 0 Å². The third-order valence-electron chi connectivity index (χ3n) is 5.14. The quantitative estimate of drug-likeness (QED) is 0.755. The molecule has 0 amide bonds. The molecule has 1 fully saturated rings. The van der Waals surface area contributed by atoms with Crippen LogP contribution in [0.15, 0.2) is 35.6 Å². The number of halogens is 1. The molecule has 1 aliphatic heterocycles. The summed E-state index contributed by atoms with van der Waals surface area (Å²) in [4.78, 5) is 10.9. The molecule has 5 nitrogen and oxygen atoms in total. The van der Waals surface area contributed by atoms with Crippen LogP contribution in [0.5, 0.6) is 5.75 Å². The molecular weight excluding hydrogens is 350 g/mol. The smallest absolute Gasteiger partial charge is 0.489 e. The van der Waals surface area contributed by atoms with Gasteiger partial charge in [0.15, 0.2) is 0 Å². The normalized spacial score (nSPS) is 19.6. The third-order valence-corrected chi connectivity index (χ3v) is 5.14. The maximum absolute atomic E-state index is 15.3. The minimum atomic E-state index is -1.08. The van der Waals surface area contributed by atoms with Crippen molar-refractivity contribution in [3.63, 3.8) is 0 Å². The van der Waals surface area contributed by atoms with E-state index < -0.39 is 35.4 Å². The molecule has 1 saturated heterocycles. The molecule has 1 aliphatic rings. The molecule has 0 unspecified atom stereocenters. The molecule has 2 rings (SSSR count). The molecule has 1 heterocycles. The average Bonchev–Trinajstić information content (AvgIpc) is 2.74. The van der Waals surface area contributed by atoms with E-state index >= 15 is 4.39 Å². The Morgan fingerprint density at radius 3 is 2.00 bits per heavy atom. The van der Waals surface area contributed by atoms with Crippen molar-refractivity contribution >= 4 is 13.1 Å². The molecule has 0 saturated carbocycles. The van der Waals surface area contributed by atoms with Crippen molar-refractivity contribution in [3.05, 3.63) is 41.1 Å². The van der Waals surface area contributed by atoms with E-state index in [1.807, 2.05) is 48.5 Å². The van der Waals surface area contributed by atoms with Crippen molar-refractivity contribution < 1.29 is 28.3 Å². The molecule has 0 aliphatic carbocycles. The van der Waals surface area contributed by atoms with E-state index in [4.69, 9.17) is 19.2 Å². The second-order valence-electron chi connectivity index (χ2n) is 8.78. The summed E-state index contributed by atoms with van der Waals surface area (Å²) in [6, 6.07) is 6.00. The fraction of sp³-hybridized carbons (Fsp3) is 0.550. The Bertz CT molecular complexity index is 716. The summed E-state index contributed by atoms with van der Waals surface area (Å²) in [6.45, 7) is 13.2. The van der Waals surface area contributed by atoms with Crippen molar-refractivity contribution in [3.8, 4) is 5.75 Å². The second-order valence-corrected chi connectivity index (χ2v) is 8.78. The number of aromatic carboxylic acids is 1. The van der Waals surface area contributed by atoms with Gasteiger partial charge in [-0.25, -0.2) is 9.18 Å². The highest BCUT2D eigenvalue weighted by Crippen LogP contribution is 2.41. The maximum Gasteiger partial charge on any atom is 0.525 e. The van der Waals surface area contributed by atoms with E-state index in [0.717, 1.165) is 0 Å². The first kappa shape index (κ1) is 21.4. The number of carboxylic acid groups (broad SMARTS) is 1. The highest BCUT2D eigenvalue weighted by atomic mass is 19.1. The predicted octanol–water partition coefficient (Wildman–Crippen LogP) is 4.66. The molecule has 1 aromatic rings. The summed E-state index contributed by atoms with van der Waals surface area (Å²) < 4.78 is 32.7. The van der Waals surface area contributed by atoms with Gasteiger partial charge in [0.1, 0.15) is 18.1 Å². The first-order chi connectivity index (χ1) is 12.2. The molecule has 0 aromatic heterocycles. The van der Waals surface area contributed by atoms with Gasteiger partial charge in [-0.1, -0.05) is 20.8 Å². The monoisotopic (exact) mass is 378 g/mol. The number of carbonyl (C=O) groups is 1. The van der Waals surface area contributed by atoms with Crippen molar-refractivity contribution in [1.82, 2.24) is 0 Å². The van der Waals surface area contributed by atoms with Gasteiger partial charge in [-0.05, 0) is 57.4 Å². The van der Waals surface area contributed by atoms with Crippen LogP contribution in [0.4, 0.5) is 4.39 Å². The summed E-state index contributed by atoms with van der Waals surface area (Å²) in [7, 11) is -1.08. The molecule has 0 spiro atoms. The molecule has 148 valence electrons. The van der Waals surface area contributed by atoms with Crippen molar-refractivity contribution in [2.24, 2.45) is 5.41 Å². The van der Waals surface area contributed by atoms with Gasteiger partial charge in [0, 0.05) is 5.57 Å². The molecule has 1 aromatic carbocycles. The zero-order valence-corrected chi connectivity index (χ0v) is 17.1. The fourth-order valence-electron chi connectivity index (χ4n) is 2.58. The number of hydrogen-bond donors (Lipinski definition) is 1. The van der Waals surface area contributed by atoms with E-state index in [1.54, 1.807) is 12.1 Å². The van der Waals surface area contributed by atoms with E-state index in [0.29, 0.717) is 11.3 Å². The summed E-state index contributed by atoms with van der Waals surface area (Å²) in [5.74, 6) is -0.549. The van der Waals surface area contributed by atoms with Crippen LogP contribution < -0.4 is 4.74 Å². The Morgan fingerprint density at radius 2 is 1.59 bits per heavy atom. The van der Waals surface area contributed by atoms with Crippen LogP contribution in [0.1, 0.15) is 58.8 Å². The molecule has 0 bridgehead atoms. The number of carboxylic acids is 1. The fourth-order valence-corrected chi connectivity index (χ4v) is 2.58. The van der Waals surface area contributed by atoms with Crippen LogP contribution in [0.2, 0.25) is 0 Å². The minimum Gasteiger partial charge on any atom is -0.489 e. The number of benzene rings is 1. The lowest BCUT2D eigenvalue weighted by molar-refractivity contribution is 0.00578. The molecule has 0 radical (unpaired) electrons. The van der Waals surface area contributed by atoms with Gasteiger partial charge in [0.25, 0.3) is 0 Å². The van der Waals surface area contributed by atoms with Crippen LogP contribution in [-0.2, 0) is 9.31 Å². The van der Waals surface area contributed by atoms with Gasteiger partial charge in [-0.15, -0.1) is 0 Å². The Balaban J connectivity index is 2.22. The first-order valence-electron chi connectivity index (χ1n) is 8.95. The Kier molecular flexibility index (Phi) is 5.78. The predicted molar refractivity (Wildman–Crippen MR) is 103 cm³/mol. The zero-order chi connectivity index (χ0) is 20.6. The average molecular weight is 378 g/mol. The van der Waals surface area contributed by atoms with Crippen molar-refractivity contribution in [2.45, 2.75) is 59.7 Å². The van der Waals surface area contributed by atoms with Gasteiger partial charge in [-0.3, -0.25) is 0 Å². The van der Waals surface area contributed by atoms with E-state index in [-0.39, 0.29) is 12.2 Å². The van der Waals surface area contributed by atoms with Gasteiger partial charge in [-0.2, -0.15) is 0 Å². The van der Waals surface area contributed by atoms with Crippen molar-refractivity contribution in [1.29, 1.82) is 0 Å². The van der Waals surface area contributed by atoms with Crippen LogP contribution in [0.3, 0.4) is 0 Å². The molecule has 7 heteroatoms.